The number of aromatic nitrogens is 3. The Morgan fingerprint density at radius 1 is 1.29 bits per heavy atom. The maximum atomic E-state index is 12.0. The number of nitrogen functional groups attached to an aromatic ring is 1. The fourth-order valence-corrected chi connectivity index (χ4v) is 2.03. The van der Waals surface area contributed by atoms with Crippen LogP contribution in [0, 0.1) is 6.92 Å². The van der Waals surface area contributed by atoms with Crippen molar-refractivity contribution in [1.82, 2.24) is 15.0 Å². The summed E-state index contributed by atoms with van der Waals surface area (Å²) < 4.78 is 0. The van der Waals surface area contributed by atoms with Crippen molar-refractivity contribution < 1.29 is 0 Å². The molecule has 2 aromatic heterocycles. The summed E-state index contributed by atoms with van der Waals surface area (Å²) >= 11 is 0. The van der Waals surface area contributed by atoms with Crippen LogP contribution in [0.4, 0.5) is 11.6 Å². The first-order valence-corrected chi connectivity index (χ1v) is 6.57. The molecule has 21 heavy (non-hydrogen) atoms. The molecule has 0 saturated heterocycles. The highest BCUT2D eigenvalue weighted by Crippen LogP contribution is 2.13. The molecule has 1 aromatic carbocycles. The summed E-state index contributed by atoms with van der Waals surface area (Å²) in [5.41, 5.74) is 8.60. The number of hydrogen-bond acceptors (Lipinski definition) is 5. The minimum absolute atomic E-state index is 0.211. The van der Waals surface area contributed by atoms with Crippen LogP contribution >= 0.6 is 0 Å². The smallest absolute Gasteiger partial charge is 0.260 e. The minimum atomic E-state index is -0.211. The third kappa shape index (κ3) is 2.84. The van der Waals surface area contributed by atoms with Crippen LogP contribution < -0.4 is 16.6 Å². The zero-order valence-electron chi connectivity index (χ0n) is 11.6. The van der Waals surface area contributed by atoms with Crippen molar-refractivity contribution in [2.24, 2.45) is 0 Å². The predicted octanol–water partition coefficient (Wildman–Crippen LogP) is 1.82. The number of fused-ring (bicyclic) bond motifs is 1. The average Bonchev–Trinajstić information content (AvgIpc) is 2.47. The molecule has 0 aliphatic rings. The highest BCUT2D eigenvalue weighted by molar-refractivity contribution is 5.81. The van der Waals surface area contributed by atoms with E-state index in [9.17, 15) is 4.79 Å². The van der Waals surface area contributed by atoms with Crippen LogP contribution in [-0.2, 0) is 6.54 Å². The maximum Gasteiger partial charge on any atom is 0.260 e. The molecule has 0 aliphatic carbocycles. The summed E-state index contributed by atoms with van der Waals surface area (Å²) in [5, 5.41) is 3.57. The molecule has 0 radical (unpaired) electrons. The van der Waals surface area contributed by atoms with Gasteiger partial charge >= 0.3 is 0 Å². The molecule has 106 valence electrons. The fourth-order valence-electron chi connectivity index (χ4n) is 2.03. The molecular weight excluding hydrogens is 266 g/mol. The SMILES string of the molecule is Cc1ccc(CNc2nc3ccc(N)cc3c(=O)[nH]2)cn1. The normalized spacial score (nSPS) is 10.7. The van der Waals surface area contributed by atoms with E-state index in [1.54, 1.807) is 24.4 Å². The maximum absolute atomic E-state index is 12.0. The van der Waals surface area contributed by atoms with Crippen molar-refractivity contribution in [2.75, 3.05) is 11.1 Å². The molecule has 6 heteroatoms. The van der Waals surface area contributed by atoms with E-state index >= 15 is 0 Å². The number of rotatable bonds is 3. The van der Waals surface area contributed by atoms with Gasteiger partial charge in [-0.3, -0.25) is 14.8 Å². The van der Waals surface area contributed by atoms with Gasteiger partial charge in [0, 0.05) is 24.1 Å². The van der Waals surface area contributed by atoms with Gasteiger partial charge in [0.05, 0.1) is 10.9 Å². The van der Waals surface area contributed by atoms with Crippen molar-refractivity contribution in [2.45, 2.75) is 13.5 Å². The quantitative estimate of drug-likeness (QED) is 0.636. The molecule has 0 aliphatic heterocycles. The number of hydrogen-bond donors (Lipinski definition) is 3. The Morgan fingerprint density at radius 3 is 2.90 bits per heavy atom. The number of benzene rings is 1. The lowest BCUT2D eigenvalue weighted by molar-refractivity contribution is 1.03. The lowest BCUT2D eigenvalue weighted by atomic mass is 10.2. The second-order valence-corrected chi connectivity index (χ2v) is 4.85. The van der Waals surface area contributed by atoms with Gasteiger partial charge in [0.25, 0.3) is 5.56 Å². The summed E-state index contributed by atoms with van der Waals surface area (Å²) in [6.07, 6.45) is 1.79. The van der Waals surface area contributed by atoms with Crippen molar-refractivity contribution in [3.05, 3.63) is 58.1 Å². The molecular formula is C15H15N5O. The summed E-state index contributed by atoms with van der Waals surface area (Å²) in [6.45, 7) is 2.47. The lowest BCUT2D eigenvalue weighted by Gasteiger charge is -2.07. The Hall–Kier alpha value is -2.89. The largest absolute Gasteiger partial charge is 0.399 e. The van der Waals surface area contributed by atoms with Gasteiger partial charge in [0.15, 0.2) is 0 Å². The van der Waals surface area contributed by atoms with Gasteiger partial charge < -0.3 is 11.1 Å². The molecule has 0 fully saturated rings. The van der Waals surface area contributed by atoms with Crippen molar-refractivity contribution in [3.63, 3.8) is 0 Å². The number of anilines is 2. The summed E-state index contributed by atoms with van der Waals surface area (Å²) in [4.78, 5) is 23.3. The van der Waals surface area contributed by atoms with Gasteiger partial charge in [-0.1, -0.05) is 6.07 Å². The molecule has 0 atom stereocenters. The van der Waals surface area contributed by atoms with Crippen molar-refractivity contribution in [1.29, 1.82) is 0 Å². The number of pyridine rings is 1. The standard InChI is InChI=1S/C15H15N5O/c1-9-2-3-10(7-17-9)8-18-15-19-13-5-4-11(16)6-12(13)14(21)20-15/h2-7H,8,16H2,1H3,(H2,18,19,20,21). The number of aryl methyl sites for hydroxylation is 1. The van der Waals surface area contributed by atoms with E-state index in [0.717, 1.165) is 11.3 Å². The van der Waals surface area contributed by atoms with Gasteiger partial charge in [-0.25, -0.2) is 4.98 Å². The van der Waals surface area contributed by atoms with Crippen LogP contribution in [0.1, 0.15) is 11.3 Å². The van der Waals surface area contributed by atoms with E-state index < -0.39 is 0 Å². The van der Waals surface area contributed by atoms with Crippen LogP contribution in [0.2, 0.25) is 0 Å². The van der Waals surface area contributed by atoms with E-state index in [2.05, 4.69) is 20.3 Å². The molecule has 0 unspecified atom stereocenters. The summed E-state index contributed by atoms with van der Waals surface area (Å²) in [5.74, 6) is 0.429. The fraction of sp³-hybridized carbons (Fsp3) is 0.133. The van der Waals surface area contributed by atoms with Crippen molar-refractivity contribution in [3.8, 4) is 0 Å². The number of nitrogens with zero attached hydrogens (tertiary/aromatic N) is 2. The summed E-state index contributed by atoms with van der Waals surface area (Å²) in [7, 11) is 0. The third-order valence-electron chi connectivity index (χ3n) is 3.16. The molecule has 3 rings (SSSR count). The number of H-pyrrole nitrogens is 1. The number of aromatic amines is 1. The van der Waals surface area contributed by atoms with Gasteiger partial charge in [-0.15, -0.1) is 0 Å². The summed E-state index contributed by atoms with van der Waals surface area (Å²) in [6, 6.07) is 9.00. The Kier molecular flexibility index (Phi) is 3.27. The zero-order chi connectivity index (χ0) is 14.8. The van der Waals surface area contributed by atoms with E-state index in [-0.39, 0.29) is 5.56 Å². The molecule has 4 N–H and O–H groups in total. The highest BCUT2D eigenvalue weighted by atomic mass is 16.1. The first kappa shape index (κ1) is 13.1. The monoisotopic (exact) mass is 281 g/mol. The third-order valence-corrected chi connectivity index (χ3v) is 3.16. The first-order chi connectivity index (χ1) is 10.1. The van der Waals surface area contributed by atoms with Crippen molar-refractivity contribution >= 4 is 22.5 Å². The van der Waals surface area contributed by atoms with E-state index in [1.165, 1.54) is 0 Å². The van der Waals surface area contributed by atoms with Gasteiger partial charge in [0.1, 0.15) is 0 Å². The number of nitrogens with two attached hydrogens (primary N) is 1. The Balaban J connectivity index is 1.86. The van der Waals surface area contributed by atoms with E-state index in [1.807, 2.05) is 19.1 Å². The minimum Gasteiger partial charge on any atom is -0.399 e. The topological polar surface area (TPSA) is 96.7 Å². The predicted molar refractivity (Wildman–Crippen MR) is 83.1 cm³/mol. The van der Waals surface area contributed by atoms with Crippen LogP contribution in [-0.4, -0.2) is 15.0 Å². The van der Waals surface area contributed by atoms with Crippen LogP contribution in [0.25, 0.3) is 10.9 Å². The highest BCUT2D eigenvalue weighted by Gasteiger charge is 2.04. The van der Waals surface area contributed by atoms with Gasteiger partial charge in [0.2, 0.25) is 5.95 Å². The Bertz CT molecular complexity index is 839. The average molecular weight is 281 g/mol. The zero-order valence-corrected chi connectivity index (χ0v) is 11.6. The molecule has 6 nitrogen and oxygen atoms in total. The Morgan fingerprint density at radius 2 is 2.14 bits per heavy atom. The van der Waals surface area contributed by atoms with E-state index in [0.29, 0.717) is 29.1 Å². The number of nitrogens with one attached hydrogen (secondary N) is 2. The first-order valence-electron chi connectivity index (χ1n) is 6.57. The van der Waals surface area contributed by atoms with Gasteiger partial charge in [-0.2, -0.15) is 0 Å². The van der Waals surface area contributed by atoms with Gasteiger partial charge in [-0.05, 0) is 36.8 Å². The second kappa shape index (κ2) is 5.24. The molecule has 0 amide bonds. The van der Waals surface area contributed by atoms with E-state index in [4.69, 9.17) is 5.73 Å². The van der Waals surface area contributed by atoms with Crippen LogP contribution in [0.5, 0.6) is 0 Å². The van der Waals surface area contributed by atoms with Crippen LogP contribution in [0.3, 0.4) is 0 Å². The van der Waals surface area contributed by atoms with Crippen LogP contribution in [0.15, 0.2) is 41.3 Å². The second-order valence-electron chi connectivity index (χ2n) is 4.85. The molecule has 0 spiro atoms. The molecule has 2 heterocycles. The Labute approximate surface area is 121 Å². The lowest BCUT2D eigenvalue weighted by Crippen LogP contribution is -2.13. The molecule has 0 saturated carbocycles. The molecule has 3 aromatic rings. The molecule has 0 bridgehead atoms.